The van der Waals surface area contributed by atoms with Gasteiger partial charge in [-0.05, 0) is 79.2 Å². The van der Waals surface area contributed by atoms with Crippen LogP contribution in [0.5, 0.6) is 0 Å². The van der Waals surface area contributed by atoms with Gasteiger partial charge in [-0.25, -0.2) is 0 Å². The summed E-state index contributed by atoms with van der Waals surface area (Å²) in [5.41, 5.74) is 4.96. The summed E-state index contributed by atoms with van der Waals surface area (Å²) >= 11 is 0. The second-order valence-corrected chi connectivity index (χ2v) is 24.7. The first-order valence-electron chi connectivity index (χ1n) is 14.6. The van der Waals surface area contributed by atoms with Crippen LogP contribution in [-0.2, 0) is 18.4 Å². The van der Waals surface area contributed by atoms with Gasteiger partial charge in [0.15, 0.2) is 22.4 Å². The molecular weight excluding hydrogens is 493 g/mol. The van der Waals surface area contributed by atoms with Crippen LogP contribution in [0.2, 0.25) is 36.3 Å². The molecule has 0 amide bonds. The fourth-order valence-corrected chi connectivity index (χ4v) is 8.55. The number of ether oxygens (including phenoxy) is 1. The standard InChI is InChI=1S/C31H52O4Si2/c1-29(2,3)36(8,9)33-18-17-21-22-19-23-25(32)13-12-14-26(23)34-27(22)20-31(7)24(21)15-16-28(31)35-37(10,11)30(4,5)6/h19,27-28H,12-18,20H2,1-11H3/t27?,28-,31-/m0/s1. The van der Waals surface area contributed by atoms with Crippen LogP contribution in [0.15, 0.2) is 34.1 Å². The number of allylic oxidation sites excluding steroid dienone is 3. The van der Waals surface area contributed by atoms with Crippen molar-refractivity contribution in [1.29, 1.82) is 0 Å². The van der Waals surface area contributed by atoms with Crippen LogP contribution in [0.4, 0.5) is 0 Å². The summed E-state index contributed by atoms with van der Waals surface area (Å²) in [6.07, 6.45) is 8.79. The van der Waals surface area contributed by atoms with Gasteiger partial charge in [-0.15, -0.1) is 0 Å². The predicted molar refractivity (Wildman–Crippen MR) is 158 cm³/mol. The van der Waals surface area contributed by atoms with Crippen molar-refractivity contribution in [3.8, 4) is 0 Å². The van der Waals surface area contributed by atoms with Crippen LogP contribution >= 0.6 is 0 Å². The summed E-state index contributed by atoms with van der Waals surface area (Å²) in [7, 11) is -3.76. The van der Waals surface area contributed by atoms with Crippen LogP contribution in [0.3, 0.4) is 0 Å². The normalized spacial score (nSPS) is 29.1. The molecular formula is C31H52O4Si2. The topological polar surface area (TPSA) is 44.8 Å². The fraction of sp³-hybridized carbons (Fsp3) is 0.774. The Kier molecular flexibility index (Phi) is 7.53. The molecule has 208 valence electrons. The van der Waals surface area contributed by atoms with E-state index < -0.39 is 16.6 Å². The molecule has 1 saturated carbocycles. The highest BCUT2D eigenvalue weighted by molar-refractivity contribution is 6.74. The monoisotopic (exact) mass is 544 g/mol. The minimum atomic E-state index is -1.92. The quantitative estimate of drug-likeness (QED) is 0.314. The van der Waals surface area contributed by atoms with Crippen molar-refractivity contribution in [3.63, 3.8) is 0 Å². The van der Waals surface area contributed by atoms with Crippen LogP contribution in [0.1, 0.15) is 93.4 Å². The molecule has 3 atom stereocenters. The predicted octanol–water partition coefficient (Wildman–Crippen LogP) is 8.62. The van der Waals surface area contributed by atoms with E-state index in [-0.39, 0.29) is 33.5 Å². The van der Waals surface area contributed by atoms with Gasteiger partial charge in [0, 0.05) is 31.3 Å². The van der Waals surface area contributed by atoms with Gasteiger partial charge < -0.3 is 13.6 Å². The lowest BCUT2D eigenvalue weighted by Gasteiger charge is -2.48. The second kappa shape index (κ2) is 9.60. The highest BCUT2D eigenvalue weighted by atomic mass is 28.4. The maximum absolute atomic E-state index is 12.8. The minimum Gasteiger partial charge on any atom is -0.489 e. The summed E-state index contributed by atoms with van der Waals surface area (Å²) in [6, 6.07) is 0. The molecule has 0 spiro atoms. The van der Waals surface area contributed by atoms with Gasteiger partial charge in [0.05, 0.1) is 11.7 Å². The Morgan fingerprint density at radius 3 is 2.27 bits per heavy atom. The number of ketones is 1. The molecule has 0 radical (unpaired) electrons. The summed E-state index contributed by atoms with van der Waals surface area (Å²) in [4.78, 5) is 12.8. The first kappa shape index (κ1) is 29.0. The molecule has 4 rings (SSSR count). The average molecular weight is 545 g/mol. The third-order valence-electron chi connectivity index (χ3n) is 10.6. The van der Waals surface area contributed by atoms with E-state index in [0.717, 1.165) is 56.5 Å². The number of fused-ring (bicyclic) bond motifs is 2. The summed E-state index contributed by atoms with van der Waals surface area (Å²) < 4.78 is 20.5. The van der Waals surface area contributed by atoms with Gasteiger partial charge in [-0.1, -0.05) is 54.0 Å². The molecule has 1 unspecified atom stereocenters. The van der Waals surface area contributed by atoms with E-state index in [1.807, 2.05) is 0 Å². The van der Waals surface area contributed by atoms with Crippen molar-refractivity contribution in [1.82, 2.24) is 0 Å². The van der Waals surface area contributed by atoms with Crippen molar-refractivity contribution >= 4 is 22.4 Å². The van der Waals surface area contributed by atoms with Gasteiger partial charge >= 0.3 is 0 Å². The zero-order valence-electron chi connectivity index (χ0n) is 25.5. The molecule has 0 aromatic rings. The Hall–Kier alpha value is -0.956. The average Bonchev–Trinajstić information content (AvgIpc) is 3.06. The Bertz CT molecular complexity index is 1030. The van der Waals surface area contributed by atoms with Crippen LogP contribution in [-0.4, -0.2) is 41.2 Å². The minimum absolute atomic E-state index is 0.00452. The molecule has 0 N–H and O–H groups in total. The van der Waals surface area contributed by atoms with Crippen molar-refractivity contribution in [2.24, 2.45) is 5.41 Å². The van der Waals surface area contributed by atoms with E-state index in [0.29, 0.717) is 6.42 Å². The second-order valence-electron chi connectivity index (χ2n) is 15.2. The van der Waals surface area contributed by atoms with Crippen LogP contribution in [0, 0.1) is 5.41 Å². The first-order valence-corrected chi connectivity index (χ1v) is 20.4. The van der Waals surface area contributed by atoms with Crippen molar-refractivity contribution < 1.29 is 18.4 Å². The molecule has 1 aliphatic heterocycles. The Morgan fingerprint density at radius 2 is 1.65 bits per heavy atom. The molecule has 6 heteroatoms. The summed E-state index contributed by atoms with van der Waals surface area (Å²) in [5.74, 6) is 1.17. The lowest BCUT2D eigenvalue weighted by Crippen LogP contribution is -2.49. The molecule has 37 heavy (non-hydrogen) atoms. The molecule has 1 heterocycles. The first-order chi connectivity index (χ1) is 16.9. The van der Waals surface area contributed by atoms with Crippen molar-refractivity contribution in [3.05, 3.63) is 34.1 Å². The summed E-state index contributed by atoms with van der Waals surface area (Å²) in [6.45, 7) is 26.5. The lowest BCUT2D eigenvalue weighted by molar-refractivity contribution is -0.116. The van der Waals surface area contributed by atoms with E-state index in [1.54, 1.807) is 0 Å². The van der Waals surface area contributed by atoms with Crippen LogP contribution in [0.25, 0.3) is 0 Å². The van der Waals surface area contributed by atoms with Crippen LogP contribution < -0.4 is 0 Å². The molecule has 0 aromatic carbocycles. The number of Topliss-reactive ketones (excluding diaryl/α,β-unsaturated/α-hetero) is 1. The van der Waals surface area contributed by atoms with Gasteiger partial charge in [-0.3, -0.25) is 4.79 Å². The van der Waals surface area contributed by atoms with Crippen molar-refractivity contribution in [2.45, 2.75) is 142 Å². The number of carbonyl (C=O) groups excluding carboxylic acids is 1. The highest BCUT2D eigenvalue weighted by Crippen LogP contribution is 2.58. The molecule has 3 aliphatic carbocycles. The molecule has 0 bridgehead atoms. The number of rotatable bonds is 6. The largest absolute Gasteiger partial charge is 0.489 e. The summed E-state index contributed by atoms with van der Waals surface area (Å²) in [5, 5.41) is 0.365. The SMILES string of the molecule is CC(C)(C)[Si](C)(C)OCCC1=C2CC[C@H](O[Si](C)(C)C(C)(C)C)[C@@]2(C)CC2OC3=C(C=C12)C(=O)CCC3. The Morgan fingerprint density at radius 1 is 1.00 bits per heavy atom. The van der Waals surface area contributed by atoms with E-state index in [1.165, 1.54) is 16.7 Å². The zero-order valence-corrected chi connectivity index (χ0v) is 27.5. The third-order valence-corrected chi connectivity index (χ3v) is 19.6. The number of carbonyl (C=O) groups is 1. The maximum Gasteiger partial charge on any atom is 0.192 e. The van der Waals surface area contributed by atoms with Gasteiger partial charge in [-0.2, -0.15) is 0 Å². The molecule has 0 saturated heterocycles. The Labute approximate surface area is 228 Å². The molecule has 4 nitrogen and oxygen atoms in total. The zero-order chi connectivity index (χ0) is 27.6. The Balaban J connectivity index is 1.71. The molecule has 4 aliphatic rings. The van der Waals surface area contributed by atoms with E-state index in [9.17, 15) is 4.79 Å². The smallest absolute Gasteiger partial charge is 0.192 e. The fourth-order valence-electron chi connectivity index (χ4n) is 6.06. The third kappa shape index (κ3) is 5.29. The van der Waals surface area contributed by atoms with Gasteiger partial charge in [0.25, 0.3) is 0 Å². The lowest BCUT2D eigenvalue weighted by atomic mass is 9.67. The molecule has 0 aromatic heterocycles. The number of hydrogen-bond acceptors (Lipinski definition) is 4. The maximum atomic E-state index is 12.8. The van der Waals surface area contributed by atoms with Gasteiger partial charge in [0.2, 0.25) is 0 Å². The molecule has 1 fully saturated rings. The van der Waals surface area contributed by atoms with E-state index in [4.69, 9.17) is 13.6 Å². The highest BCUT2D eigenvalue weighted by Gasteiger charge is 2.54. The van der Waals surface area contributed by atoms with Gasteiger partial charge in [0.1, 0.15) is 11.9 Å². The van der Waals surface area contributed by atoms with E-state index >= 15 is 0 Å². The van der Waals surface area contributed by atoms with Crippen molar-refractivity contribution in [2.75, 3.05) is 6.61 Å². The number of hydrogen-bond donors (Lipinski definition) is 0. The van der Waals surface area contributed by atoms with E-state index in [2.05, 4.69) is 80.7 Å².